The summed E-state index contributed by atoms with van der Waals surface area (Å²) in [6.07, 6.45) is 0. The van der Waals surface area contributed by atoms with E-state index in [4.69, 9.17) is 22.1 Å². The Hall–Kier alpha value is -2.40. The Morgan fingerprint density at radius 3 is 2.96 bits per heavy atom. The third-order valence-electron chi connectivity index (χ3n) is 3.74. The molecule has 1 aliphatic rings. The molecule has 0 fully saturated rings. The molecule has 0 saturated heterocycles. The number of nitrogens with two attached hydrogens (primary N) is 1. The minimum atomic E-state index is -0.0832. The molecule has 0 aromatic heterocycles. The number of fused-ring (bicyclic) bond motifs is 1. The van der Waals surface area contributed by atoms with Crippen molar-refractivity contribution in [2.75, 3.05) is 35.6 Å². The molecular formula is C17H18ClN3O2. The van der Waals surface area contributed by atoms with Gasteiger partial charge in [0.1, 0.15) is 12.4 Å². The van der Waals surface area contributed by atoms with Gasteiger partial charge in [0, 0.05) is 22.5 Å². The van der Waals surface area contributed by atoms with Crippen LogP contribution in [0.15, 0.2) is 36.4 Å². The molecule has 0 spiro atoms. The third-order valence-corrected chi connectivity index (χ3v) is 3.98. The second kappa shape index (κ2) is 6.38. The standard InChI is InChI=1S/C17H18ClN3O2/c1-11-8-12(18)2-4-14(11)20-17(22)10-21-6-7-23-16-9-13(19)3-5-15(16)21/h2-5,8-9H,6-7,10,19H2,1H3,(H,20,22). The predicted octanol–water partition coefficient (Wildman–Crippen LogP) is 3.07. The molecule has 0 aliphatic carbocycles. The van der Waals surface area contributed by atoms with E-state index in [9.17, 15) is 4.79 Å². The Balaban J connectivity index is 1.72. The lowest BCUT2D eigenvalue weighted by molar-refractivity contribution is -0.115. The second-order valence-corrected chi connectivity index (χ2v) is 5.94. The second-order valence-electron chi connectivity index (χ2n) is 5.50. The van der Waals surface area contributed by atoms with Crippen molar-refractivity contribution < 1.29 is 9.53 Å². The zero-order chi connectivity index (χ0) is 16.4. The molecule has 2 aromatic carbocycles. The maximum absolute atomic E-state index is 12.3. The molecule has 3 N–H and O–H groups in total. The Morgan fingerprint density at radius 2 is 2.17 bits per heavy atom. The minimum Gasteiger partial charge on any atom is -0.489 e. The van der Waals surface area contributed by atoms with Gasteiger partial charge in [-0.05, 0) is 42.8 Å². The van der Waals surface area contributed by atoms with Crippen LogP contribution < -0.4 is 20.7 Å². The topological polar surface area (TPSA) is 67.6 Å². The molecule has 1 amide bonds. The van der Waals surface area contributed by atoms with Gasteiger partial charge in [-0.15, -0.1) is 0 Å². The lowest BCUT2D eigenvalue weighted by atomic mass is 10.2. The first kappa shape index (κ1) is 15.5. The van der Waals surface area contributed by atoms with Crippen molar-refractivity contribution in [3.8, 4) is 5.75 Å². The molecule has 3 rings (SSSR count). The van der Waals surface area contributed by atoms with Crippen molar-refractivity contribution in [2.24, 2.45) is 0 Å². The van der Waals surface area contributed by atoms with Crippen molar-refractivity contribution in [3.63, 3.8) is 0 Å². The smallest absolute Gasteiger partial charge is 0.243 e. The van der Waals surface area contributed by atoms with Crippen LogP contribution in [0.25, 0.3) is 0 Å². The van der Waals surface area contributed by atoms with Gasteiger partial charge in [-0.2, -0.15) is 0 Å². The molecule has 1 heterocycles. The molecule has 0 atom stereocenters. The average Bonchev–Trinajstić information content (AvgIpc) is 2.50. The van der Waals surface area contributed by atoms with Gasteiger partial charge in [0.25, 0.3) is 0 Å². The Bertz CT molecular complexity index is 749. The van der Waals surface area contributed by atoms with Crippen LogP contribution in [0.2, 0.25) is 5.02 Å². The lowest BCUT2D eigenvalue weighted by Gasteiger charge is -2.30. The van der Waals surface area contributed by atoms with Gasteiger partial charge in [-0.1, -0.05) is 11.6 Å². The van der Waals surface area contributed by atoms with E-state index >= 15 is 0 Å². The number of nitrogens with one attached hydrogen (secondary N) is 1. The molecule has 5 nitrogen and oxygen atoms in total. The molecule has 0 radical (unpaired) electrons. The normalized spacial score (nSPS) is 13.2. The number of carbonyl (C=O) groups excluding carboxylic acids is 1. The monoisotopic (exact) mass is 331 g/mol. The van der Waals surface area contributed by atoms with Gasteiger partial charge in [0.2, 0.25) is 5.91 Å². The summed E-state index contributed by atoms with van der Waals surface area (Å²) in [6.45, 7) is 3.35. The van der Waals surface area contributed by atoms with Gasteiger partial charge in [-0.3, -0.25) is 4.79 Å². The van der Waals surface area contributed by atoms with E-state index < -0.39 is 0 Å². The summed E-state index contributed by atoms with van der Waals surface area (Å²) in [5.74, 6) is 0.631. The number of hydrogen-bond acceptors (Lipinski definition) is 4. The summed E-state index contributed by atoms with van der Waals surface area (Å²) in [6, 6.07) is 10.9. The number of amides is 1. The third kappa shape index (κ3) is 3.51. The maximum Gasteiger partial charge on any atom is 0.243 e. The molecule has 23 heavy (non-hydrogen) atoms. The highest BCUT2D eigenvalue weighted by molar-refractivity contribution is 6.30. The van der Waals surface area contributed by atoms with E-state index in [1.807, 2.05) is 36.1 Å². The fourth-order valence-electron chi connectivity index (χ4n) is 2.59. The van der Waals surface area contributed by atoms with Crippen LogP contribution in [0.4, 0.5) is 17.1 Å². The van der Waals surface area contributed by atoms with Crippen LogP contribution in [0.3, 0.4) is 0 Å². The van der Waals surface area contributed by atoms with Crippen molar-refractivity contribution in [1.82, 2.24) is 0 Å². The minimum absolute atomic E-state index is 0.0832. The first-order valence-electron chi connectivity index (χ1n) is 7.36. The van der Waals surface area contributed by atoms with Gasteiger partial charge >= 0.3 is 0 Å². The van der Waals surface area contributed by atoms with Crippen molar-refractivity contribution in [3.05, 3.63) is 47.0 Å². The van der Waals surface area contributed by atoms with Crippen molar-refractivity contribution >= 4 is 34.6 Å². The average molecular weight is 332 g/mol. The van der Waals surface area contributed by atoms with Crippen LogP contribution in [0.5, 0.6) is 5.75 Å². The first-order chi connectivity index (χ1) is 11.0. The summed E-state index contributed by atoms with van der Waals surface area (Å²) >= 11 is 5.93. The van der Waals surface area contributed by atoms with Crippen LogP contribution in [-0.2, 0) is 4.79 Å². The maximum atomic E-state index is 12.3. The van der Waals surface area contributed by atoms with Crippen LogP contribution in [-0.4, -0.2) is 25.6 Å². The lowest BCUT2D eigenvalue weighted by Crippen LogP contribution is -2.38. The van der Waals surface area contributed by atoms with Gasteiger partial charge < -0.3 is 20.7 Å². The molecule has 0 unspecified atom stereocenters. The highest BCUT2D eigenvalue weighted by atomic mass is 35.5. The number of nitrogens with zero attached hydrogens (tertiary/aromatic N) is 1. The molecule has 6 heteroatoms. The molecule has 0 bridgehead atoms. The number of benzene rings is 2. The van der Waals surface area contributed by atoms with E-state index in [1.54, 1.807) is 12.1 Å². The molecule has 2 aromatic rings. The van der Waals surface area contributed by atoms with Crippen molar-refractivity contribution in [2.45, 2.75) is 6.92 Å². The van der Waals surface area contributed by atoms with E-state index in [1.165, 1.54) is 0 Å². The highest BCUT2D eigenvalue weighted by Gasteiger charge is 2.20. The van der Waals surface area contributed by atoms with Gasteiger partial charge in [0.05, 0.1) is 18.8 Å². The fourth-order valence-corrected chi connectivity index (χ4v) is 2.82. The fraction of sp³-hybridized carbons (Fsp3) is 0.235. The van der Waals surface area contributed by atoms with Crippen LogP contribution in [0.1, 0.15) is 5.56 Å². The number of nitrogen functional groups attached to an aromatic ring is 1. The van der Waals surface area contributed by atoms with E-state index in [-0.39, 0.29) is 12.5 Å². The summed E-state index contributed by atoms with van der Waals surface area (Å²) in [7, 11) is 0. The quantitative estimate of drug-likeness (QED) is 0.848. The Kier molecular flexibility index (Phi) is 4.30. The predicted molar refractivity (Wildman–Crippen MR) is 93.4 cm³/mol. The molecule has 1 aliphatic heterocycles. The number of halogens is 1. The van der Waals surface area contributed by atoms with Crippen LogP contribution >= 0.6 is 11.6 Å². The summed E-state index contributed by atoms with van der Waals surface area (Å²) in [5, 5.41) is 3.58. The zero-order valence-electron chi connectivity index (χ0n) is 12.8. The Labute approximate surface area is 140 Å². The molecular weight excluding hydrogens is 314 g/mol. The summed E-state index contributed by atoms with van der Waals surface area (Å²) in [5.41, 5.74) is 9.00. The van der Waals surface area contributed by atoms with Crippen molar-refractivity contribution in [1.29, 1.82) is 0 Å². The first-order valence-corrected chi connectivity index (χ1v) is 7.74. The SMILES string of the molecule is Cc1cc(Cl)ccc1NC(=O)CN1CCOc2cc(N)ccc21. The summed E-state index contributed by atoms with van der Waals surface area (Å²) < 4.78 is 5.60. The number of aryl methyl sites for hydroxylation is 1. The van der Waals surface area contributed by atoms with E-state index in [0.717, 1.165) is 16.9 Å². The number of carbonyl (C=O) groups is 1. The summed E-state index contributed by atoms with van der Waals surface area (Å²) in [4.78, 5) is 14.3. The number of anilines is 3. The zero-order valence-corrected chi connectivity index (χ0v) is 13.6. The van der Waals surface area contributed by atoms with E-state index in [2.05, 4.69) is 5.32 Å². The number of ether oxygens (including phenoxy) is 1. The number of rotatable bonds is 3. The van der Waals surface area contributed by atoms with Crippen LogP contribution in [0, 0.1) is 6.92 Å². The molecule has 120 valence electrons. The number of hydrogen-bond donors (Lipinski definition) is 2. The van der Waals surface area contributed by atoms with Gasteiger partial charge in [0.15, 0.2) is 0 Å². The van der Waals surface area contributed by atoms with Gasteiger partial charge in [-0.25, -0.2) is 0 Å². The Morgan fingerprint density at radius 1 is 1.35 bits per heavy atom. The highest BCUT2D eigenvalue weighted by Crippen LogP contribution is 2.33. The molecule has 0 saturated carbocycles. The largest absolute Gasteiger partial charge is 0.489 e. The van der Waals surface area contributed by atoms with E-state index in [0.29, 0.717) is 29.6 Å².